The van der Waals surface area contributed by atoms with Crippen LogP contribution in [0.3, 0.4) is 0 Å². The molecule has 0 aromatic heterocycles. The maximum absolute atomic E-state index is 12.3. The summed E-state index contributed by atoms with van der Waals surface area (Å²) in [4.78, 5) is 20.7. The Labute approximate surface area is 169 Å². The van der Waals surface area contributed by atoms with E-state index in [4.69, 9.17) is 4.74 Å². The van der Waals surface area contributed by atoms with Crippen LogP contribution in [-0.2, 0) is 11.3 Å². The van der Waals surface area contributed by atoms with Crippen LogP contribution in [-0.4, -0.2) is 82.7 Å². The third kappa shape index (κ3) is 8.27. The number of aliphatic imine (C=N–C) groups is 1. The SMILES string of the molecule is CN=C(NCc1cccc(C(=O)NCCN(C)C)c1)N(C)CCOCC1CC1. The first-order chi connectivity index (χ1) is 13.5. The van der Waals surface area contributed by atoms with Crippen LogP contribution in [0.4, 0.5) is 0 Å². The van der Waals surface area contributed by atoms with Crippen molar-refractivity contribution in [2.75, 3.05) is 61.0 Å². The third-order valence-electron chi connectivity index (χ3n) is 4.68. The third-order valence-corrected chi connectivity index (χ3v) is 4.68. The summed E-state index contributed by atoms with van der Waals surface area (Å²) in [6.45, 7) is 4.44. The molecule has 0 unspecified atom stereocenters. The van der Waals surface area contributed by atoms with Gasteiger partial charge in [-0.1, -0.05) is 12.1 Å². The van der Waals surface area contributed by atoms with Gasteiger partial charge in [0.1, 0.15) is 0 Å². The van der Waals surface area contributed by atoms with Crippen LogP contribution in [0.1, 0.15) is 28.8 Å². The zero-order valence-electron chi connectivity index (χ0n) is 17.7. The summed E-state index contributed by atoms with van der Waals surface area (Å²) in [5, 5.41) is 6.30. The fourth-order valence-electron chi connectivity index (χ4n) is 2.73. The van der Waals surface area contributed by atoms with E-state index in [1.807, 2.05) is 50.3 Å². The van der Waals surface area contributed by atoms with E-state index in [1.165, 1.54) is 12.8 Å². The number of ether oxygens (including phenoxy) is 1. The van der Waals surface area contributed by atoms with Gasteiger partial charge in [0.2, 0.25) is 0 Å². The molecule has 156 valence electrons. The van der Waals surface area contributed by atoms with E-state index in [0.717, 1.165) is 37.1 Å². The molecule has 2 N–H and O–H groups in total. The average Bonchev–Trinajstić information content (AvgIpc) is 3.50. The van der Waals surface area contributed by atoms with Crippen molar-refractivity contribution < 1.29 is 9.53 Å². The molecule has 1 aliphatic carbocycles. The second kappa shape index (κ2) is 11.7. The fraction of sp³-hybridized carbons (Fsp3) is 0.619. The Bertz CT molecular complexity index is 643. The van der Waals surface area contributed by atoms with E-state index in [-0.39, 0.29) is 5.91 Å². The van der Waals surface area contributed by atoms with Gasteiger partial charge in [0.15, 0.2) is 5.96 Å². The lowest BCUT2D eigenvalue weighted by atomic mass is 10.1. The van der Waals surface area contributed by atoms with Gasteiger partial charge in [0.25, 0.3) is 5.91 Å². The topological polar surface area (TPSA) is 69.2 Å². The summed E-state index contributed by atoms with van der Waals surface area (Å²) in [5.74, 6) is 1.56. The Kier molecular flexibility index (Phi) is 9.23. The summed E-state index contributed by atoms with van der Waals surface area (Å²) in [7, 11) is 7.76. The number of hydrogen-bond donors (Lipinski definition) is 2. The minimum Gasteiger partial charge on any atom is -0.379 e. The van der Waals surface area contributed by atoms with Crippen LogP contribution in [0.5, 0.6) is 0 Å². The molecule has 0 heterocycles. The number of rotatable bonds is 11. The van der Waals surface area contributed by atoms with Crippen molar-refractivity contribution >= 4 is 11.9 Å². The first kappa shape index (κ1) is 22.2. The predicted octanol–water partition coefficient (Wildman–Crippen LogP) is 1.41. The smallest absolute Gasteiger partial charge is 0.251 e. The van der Waals surface area contributed by atoms with Crippen LogP contribution in [0.25, 0.3) is 0 Å². The zero-order valence-corrected chi connectivity index (χ0v) is 17.7. The normalized spacial score (nSPS) is 14.2. The molecule has 1 fully saturated rings. The lowest BCUT2D eigenvalue weighted by molar-refractivity contribution is 0.0951. The number of carbonyl (C=O) groups excluding carboxylic acids is 1. The molecule has 1 aliphatic rings. The first-order valence-electron chi connectivity index (χ1n) is 10.0. The highest BCUT2D eigenvalue weighted by molar-refractivity contribution is 5.94. The summed E-state index contributed by atoms with van der Waals surface area (Å²) >= 11 is 0. The number of nitrogens with one attached hydrogen (secondary N) is 2. The van der Waals surface area contributed by atoms with Crippen molar-refractivity contribution in [2.45, 2.75) is 19.4 Å². The van der Waals surface area contributed by atoms with Crippen LogP contribution in [0, 0.1) is 5.92 Å². The Morgan fingerprint density at radius 1 is 1.21 bits per heavy atom. The summed E-state index contributed by atoms with van der Waals surface area (Å²) in [6, 6.07) is 7.68. The second-order valence-electron chi connectivity index (χ2n) is 7.60. The van der Waals surface area contributed by atoms with Gasteiger partial charge in [0, 0.05) is 52.4 Å². The van der Waals surface area contributed by atoms with E-state index < -0.39 is 0 Å². The predicted molar refractivity (Wildman–Crippen MR) is 114 cm³/mol. The molecule has 28 heavy (non-hydrogen) atoms. The molecule has 1 aromatic rings. The van der Waals surface area contributed by atoms with Gasteiger partial charge in [-0.05, 0) is 50.6 Å². The molecule has 0 saturated heterocycles. The lowest BCUT2D eigenvalue weighted by Gasteiger charge is -2.22. The Morgan fingerprint density at radius 2 is 2.00 bits per heavy atom. The Balaban J connectivity index is 1.77. The molecule has 0 aliphatic heterocycles. The van der Waals surface area contributed by atoms with E-state index in [0.29, 0.717) is 25.3 Å². The molecule has 7 nitrogen and oxygen atoms in total. The van der Waals surface area contributed by atoms with Gasteiger partial charge in [0.05, 0.1) is 6.61 Å². The minimum absolute atomic E-state index is 0.0435. The van der Waals surface area contributed by atoms with E-state index in [1.54, 1.807) is 7.05 Å². The van der Waals surface area contributed by atoms with Crippen molar-refractivity contribution in [1.82, 2.24) is 20.4 Å². The standard InChI is InChI=1S/C21H35N5O2/c1-22-21(26(4)12-13-28-16-17-8-9-17)24-15-18-6-5-7-19(14-18)20(27)23-10-11-25(2)3/h5-7,14,17H,8-13,15-16H2,1-4H3,(H,22,24)(H,23,27). The van der Waals surface area contributed by atoms with Crippen LogP contribution in [0.2, 0.25) is 0 Å². The highest BCUT2D eigenvalue weighted by Gasteiger charge is 2.21. The maximum Gasteiger partial charge on any atom is 0.251 e. The summed E-state index contributed by atoms with van der Waals surface area (Å²) < 4.78 is 5.70. The number of benzene rings is 1. The lowest BCUT2D eigenvalue weighted by Crippen LogP contribution is -2.40. The zero-order chi connectivity index (χ0) is 20.4. The molecule has 0 bridgehead atoms. The minimum atomic E-state index is -0.0435. The highest BCUT2D eigenvalue weighted by atomic mass is 16.5. The van der Waals surface area contributed by atoms with E-state index >= 15 is 0 Å². The van der Waals surface area contributed by atoms with Crippen LogP contribution >= 0.6 is 0 Å². The van der Waals surface area contributed by atoms with Crippen LogP contribution in [0.15, 0.2) is 29.3 Å². The number of guanidine groups is 1. The number of hydrogen-bond acceptors (Lipinski definition) is 4. The van der Waals surface area contributed by atoms with Crippen LogP contribution < -0.4 is 10.6 Å². The molecule has 2 rings (SSSR count). The number of carbonyl (C=O) groups is 1. The molecule has 1 saturated carbocycles. The first-order valence-corrected chi connectivity index (χ1v) is 10.0. The molecular formula is C21H35N5O2. The van der Waals surface area contributed by atoms with Gasteiger partial charge in [-0.15, -0.1) is 0 Å². The highest BCUT2D eigenvalue weighted by Crippen LogP contribution is 2.28. The van der Waals surface area contributed by atoms with E-state index in [2.05, 4.69) is 20.5 Å². The van der Waals surface area contributed by atoms with Gasteiger partial charge < -0.3 is 25.2 Å². The Morgan fingerprint density at radius 3 is 2.68 bits per heavy atom. The van der Waals surface area contributed by atoms with Gasteiger partial charge >= 0.3 is 0 Å². The summed E-state index contributed by atoms with van der Waals surface area (Å²) in [5.41, 5.74) is 1.72. The van der Waals surface area contributed by atoms with Crippen molar-refractivity contribution in [1.29, 1.82) is 0 Å². The molecule has 1 aromatic carbocycles. The van der Waals surface area contributed by atoms with Gasteiger partial charge in [-0.3, -0.25) is 9.79 Å². The monoisotopic (exact) mass is 389 g/mol. The maximum atomic E-state index is 12.3. The van der Waals surface area contributed by atoms with Gasteiger partial charge in [-0.2, -0.15) is 0 Å². The molecule has 0 spiro atoms. The molecule has 0 radical (unpaired) electrons. The number of likely N-dealkylation sites (N-methyl/N-ethyl adjacent to an activating group) is 2. The van der Waals surface area contributed by atoms with Crippen molar-refractivity contribution in [3.8, 4) is 0 Å². The summed E-state index contributed by atoms with van der Waals surface area (Å²) in [6.07, 6.45) is 2.62. The van der Waals surface area contributed by atoms with Crippen molar-refractivity contribution in [3.63, 3.8) is 0 Å². The van der Waals surface area contributed by atoms with Crippen molar-refractivity contribution in [2.24, 2.45) is 10.9 Å². The Hall–Kier alpha value is -2.12. The largest absolute Gasteiger partial charge is 0.379 e. The second-order valence-corrected chi connectivity index (χ2v) is 7.60. The molecular weight excluding hydrogens is 354 g/mol. The average molecular weight is 390 g/mol. The van der Waals surface area contributed by atoms with E-state index in [9.17, 15) is 4.79 Å². The molecule has 0 atom stereocenters. The molecule has 1 amide bonds. The van der Waals surface area contributed by atoms with Crippen molar-refractivity contribution in [3.05, 3.63) is 35.4 Å². The van der Waals surface area contributed by atoms with Gasteiger partial charge in [-0.25, -0.2) is 0 Å². The quantitative estimate of drug-likeness (QED) is 0.340. The molecule has 7 heteroatoms. The fourth-order valence-corrected chi connectivity index (χ4v) is 2.73. The number of amides is 1. The number of nitrogens with zero attached hydrogens (tertiary/aromatic N) is 3.